The fraction of sp³-hybridized carbons (Fsp3) is 0.833. The fourth-order valence-corrected chi connectivity index (χ4v) is 5.29. The van der Waals surface area contributed by atoms with Crippen molar-refractivity contribution in [3.8, 4) is 11.5 Å². The molecule has 0 fully saturated rings. The van der Waals surface area contributed by atoms with E-state index in [2.05, 4.69) is 38.1 Å². The van der Waals surface area contributed by atoms with Crippen LogP contribution in [0.15, 0.2) is 24.3 Å². The molecule has 0 aliphatic carbocycles. The quantitative estimate of drug-likeness (QED) is 0.0921. The Hall–Kier alpha value is -1.18. The molecule has 1 aromatic rings. The minimum Gasteiger partial charge on any atom is -0.490 e. The first-order valence-electron chi connectivity index (χ1n) is 17.2. The average molecular weight is 531 g/mol. The lowest BCUT2D eigenvalue weighted by molar-refractivity contribution is 0.258. The maximum absolute atomic E-state index is 6.08. The minimum atomic E-state index is 0.802. The van der Waals surface area contributed by atoms with Gasteiger partial charge < -0.3 is 9.47 Å². The van der Waals surface area contributed by atoms with E-state index >= 15 is 0 Å². The van der Waals surface area contributed by atoms with Gasteiger partial charge in [0.2, 0.25) is 0 Å². The number of hydrogen-bond donors (Lipinski definition) is 0. The monoisotopic (exact) mass is 531 g/mol. The molecule has 0 unspecified atom stereocenters. The van der Waals surface area contributed by atoms with Crippen molar-refractivity contribution in [2.75, 3.05) is 13.2 Å². The number of unbranched alkanes of at least 4 members (excludes halogenated alkanes) is 24. The van der Waals surface area contributed by atoms with E-state index in [1.165, 1.54) is 154 Å². The van der Waals surface area contributed by atoms with Crippen molar-refractivity contribution >= 4 is 0 Å². The Morgan fingerprint density at radius 3 is 0.842 bits per heavy atom. The molecule has 0 spiro atoms. The Kier molecular flexibility index (Phi) is 26.4. The van der Waals surface area contributed by atoms with Crippen LogP contribution in [0.1, 0.15) is 181 Å². The minimum absolute atomic E-state index is 0.802. The summed E-state index contributed by atoms with van der Waals surface area (Å²) < 4.78 is 12.2. The number of ether oxygens (including phenoxy) is 2. The van der Waals surface area contributed by atoms with E-state index in [9.17, 15) is 0 Å². The van der Waals surface area contributed by atoms with Crippen molar-refractivity contribution in [3.63, 3.8) is 0 Å². The molecule has 0 aliphatic heterocycles. The summed E-state index contributed by atoms with van der Waals surface area (Å²) >= 11 is 0. The molecular formula is C36H66O2. The second-order valence-electron chi connectivity index (χ2n) is 11.6. The second kappa shape index (κ2) is 28.8. The summed E-state index contributed by atoms with van der Waals surface area (Å²) in [6.07, 6.45) is 35.9. The van der Waals surface area contributed by atoms with Crippen LogP contribution in [0.4, 0.5) is 0 Å². The number of benzene rings is 1. The van der Waals surface area contributed by atoms with Crippen LogP contribution >= 0.6 is 0 Å². The largest absolute Gasteiger partial charge is 0.490 e. The smallest absolute Gasteiger partial charge is 0.161 e. The molecule has 2 nitrogen and oxygen atoms in total. The first-order chi connectivity index (χ1) is 18.9. The highest BCUT2D eigenvalue weighted by molar-refractivity contribution is 5.39. The van der Waals surface area contributed by atoms with E-state index in [0.29, 0.717) is 0 Å². The first-order valence-corrected chi connectivity index (χ1v) is 17.2. The van der Waals surface area contributed by atoms with Gasteiger partial charge in [0.15, 0.2) is 11.5 Å². The topological polar surface area (TPSA) is 18.5 Å². The van der Waals surface area contributed by atoms with Crippen LogP contribution in [0, 0.1) is 0 Å². The maximum Gasteiger partial charge on any atom is 0.161 e. The SMILES string of the molecule is CCCCCCCCCCCCCCCOc1ccccc1OCCCCCCCCCCCCCCC. The highest BCUT2D eigenvalue weighted by atomic mass is 16.5. The molecule has 222 valence electrons. The molecule has 2 heteroatoms. The van der Waals surface area contributed by atoms with Crippen LogP contribution in [0.2, 0.25) is 0 Å². The highest BCUT2D eigenvalue weighted by Crippen LogP contribution is 2.27. The van der Waals surface area contributed by atoms with Gasteiger partial charge in [0, 0.05) is 0 Å². The third-order valence-electron chi connectivity index (χ3n) is 7.86. The zero-order valence-corrected chi connectivity index (χ0v) is 25.9. The summed E-state index contributed by atoms with van der Waals surface area (Å²) in [6.45, 7) is 6.19. The van der Waals surface area contributed by atoms with Gasteiger partial charge in [-0.3, -0.25) is 0 Å². The Morgan fingerprint density at radius 2 is 0.579 bits per heavy atom. The lowest BCUT2D eigenvalue weighted by Gasteiger charge is -2.12. The van der Waals surface area contributed by atoms with Gasteiger partial charge in [-0.15, -0.1) is 0 Å². The summed E-state index contributed by atoms with van der Waals surface area (Å²) in [5.74, 6) is 1.84. The van der Waals surface area contributed by atoms with Gasteiger partial charge in [-0.1, -0.05) is 180 Å². The zero-order chi connectivity index (χ0) is 27.2. The van der Waals surface area contributed by atoms with Crippen LogP contribution in [-0.2, 0) is 0 Å². The lowest BCUT2D eigenvalue weighted by Crippen LogP contribution is -2.02. The Labute approximate surface area is 239 Å². The maximum atomic E-state index is 6.08. The summed E-state index contributed by atoms with van der Waals surface area (Å²) in [5, 5.41) is 0. The molecule has 0 aromatic heterocycles. The summed E-state index contributed by atoms with van der Waals surface area (Å²) in [7, 11) is 0. The Morgan fingerprint density at radius 1 is 0.342 bits per heavy atom. The van der Waals surface area contributed by atoms with Crippen LogP contribution in [0.3, 0.4) is 0 Å². The summed E-state index contributed by atoms with van der Waals surface area (Å²) in [6, 6.07) is 8.22. The average Bonchev–Trinajstić information content (AvgIpc) is 2.94. The van der Waals surface area contributed by atoms with E-state index in [1.54, 1.807) is 0 Å². The molecule has 0 radical (unpaired) electrons. The van der Waals surface area contributed by atoms with Crippen molar-refractivity contribution in [2.24, 2.45) is 0 Å². The third kappa shape index (κ3) is 22.8. The zero-order valence-electron chi connectivity index (χ0n) is 25.9. The first kappa shape index (κ1) is 34.8. The third-order valence-corrected chi connectivity index (χ3v) is 7.86. The molecule has 38 heavy (non-hydrogen) atoms. The van der Waals surface area contributed by atoms with Gasteiger partial charge >= 0.3 is 0 Å². The molecule has 1 aromatic carbocycles. The lowest BCUT2D eigenvalue weighted by atomic mass is 10.0. The molecule has 0 aliphatic rings. The van der Waals surface area contributed by atoms with E-state index in [-0.39, 0.29) is 0 Å². The number of hydrogen-bond acceptors (Lipinski definition) is 2. The van der Waals surface area contributed by atoms with Crippen LogP contribution in [-0.4, -0.2) is 13.2 Å². The fourth-order valence-electron chi connectivity index (χ4n) is 5.29. The highest BCUT2D eigenvalue weighted by Gasteiger charge is 2.04. The molecule has 0 atom stereocenters. The second-order valence-corrected chi connectivity index (χ2v) is 11.6. The Bertz CT molecular complexity index is 533. The number of rotatable bonds is 30. The standard InChI is InChI=1S/C36H66O2/c1-3-5-7-9-11-13-15-17-19-21-23-25-29-33-37-35-31-27-28-32-36(35)38-34-30-26-24-22-20-18-16-14-12-10-8-6-4-2/h27-28,31-32H,3-26,29-30,33-34H2,1-2H3. The van der Waals surface area contributed by atoms with Crippen molar-refractivity contribution < 1.29 is 9.47 Å². The van der Waals surface area contributed by atoms with Gasteiger partial charge in [-0.05, 0) is 25.0 Å². The van der Waals surface area contributed by atoms with Gasteiger partial charge in [0.25, 0.3) is 0 Å². The van der Waals surface area contributed by atoms with Gasteiger partial charge in [0.1, 0.15) is 0 Å². The van der Waals surface area contributed by atoms with Crippen molar-refractivity contribution in [1.82, 2.24) is 0 Å². The molecule has 1 rings (SSSR count). The van der Waals surface area contributed by atoms with Gasteiger partial charge in [0.05, 0.1) is 13.2 Å². The summed E-state index contributed by atoms with van der Waals surface area (Å²) in [4.78, 5) is 0. The summed E-state index contributed by atoms with van der Waals surface area (Å²) in [5.41, 5.74) is 0. The molecule has 0 saturated heterocycles. The van der Waals surface area contributed by atoms with Gasteiger partial charge in [-0.2, -0.15) is 0 Å². The molecular weight excluding hydrogens is 464 g/mol. The van der Waals surface area contributed by atoms with E-state index in [0.717, 1.165) is 37.6 Å². The molecule has 0 heterocycles. The van der Waals surface area contributed by atoms with E-state index in [1.807, 2.05) is 0 Å². The molecule has 0 bridgehead atoms. The van der Waals surface area contributed by atoms with Gasteiger partial charge in [-0.25, -0.2) is 0 Å². The molecule has 0 amide bonds. The predicted octanol–water partition coefficient (Wildman–Crippen LogP) is 12.6. The molecule has 0 saturated carbocycles. The van der Waals surface area contributed by atoms with Crippen molar-refractivity contribution in [2.45, 2.75) is 181 Å². The molecule has 0 N–H and O–H groups in total. The van der Waals surface area contributed by atoms with E-state index in [4.69, 9.17) is 9.47 Å². The van der Waals surface area contributed by atoms with Crippen LogP contribution in [0.25, 0.3) is 0 Å². The Balaban J connectivity index is 1.92. The van der Waals surface area contributed by atoms with Crippen LogP contribution in [0.5, 0.6) is 11.5 Å². The van der Waals surface area contributed by atoms with Crippen LogP contribution < -0.4 is 9.47 Å². The van der Waals surface area contributed by atoms with E-state index < -0.39 is 0 Å². The van der Waals surface area contributed by atoms with Crippen molar-refractivity contribution in [3.05, 3.63) is 24.3 Å². The predicted molar refractivity (Wildman–Crippen MR) is 169 cm³/mol. The number of para-hydroxylation sites is 2. The normalized spacial score (nSPS) is 11.2. The van der Waals surface area contributed by atoms with Crippen molar-refractivity contribution in [1.29, 1.82) is 0 Å².